The normalized spacial score (nSPS) is 19.3. The minimum absolute atomic E-state index is 0.0856. The molecule has 36 heavy (non-hydrogen) atoms. The highest BCUT2D eigenvalue weighted by Crippen LogP contribution is 2.28. The SMILES string of the molecule is COc1ccc(S(=O)(=O)N2CCN(CCNC(=O)C3CC(=O)N(c4cccc(OC)c4)C3)CC2)cc1. The van der Waals surface area contributed by atoms with Gasteiger partial charge >= 0.3 is 0 Å². The molecule has 2 fully saturated rings. The van der Waals surface area contributed by atoms with Crippen LogP contribution in [0.2, 0.25) is 0 Å². The molecular weight excluding hydrogens is 484 g/mol. The first-order valence-corrected chi connectivity index (χ1v) is 13.3. The Balaban J connectivity index is 1.22. The number of nitrogens with one attached hydrogen (secondary N) is 1. The Morgan fingerprint density at radius 1 is 1.00 bits per heavy atom. The van der Waals surface area contributed by atoms with E-state index in [-0.39, 0.29) is 23.1 Å². The first kappa shape index (κ1) is 25.9. The summed E-state index contributed by atoms with van der Waals surface area (Å²) in [5, 5.41) is 2.94. The lowest BCUT2D eigenvalue weighted by atomic mass is 10.1. The number of anilines is 1. The van der Waals surface area contributed by atoms with Gasteiger partial charge in [-0.1, -0.05) is 6.07 Å². The minimum Gasteiger partial charge on any atom is -0.497 e. The highest BCUT2D eigenvalue weighted by Gasteiger charge is 2.35. The van der Waals surface area contributed by atoms with Gasteiger partial charge in [-0.05, 0) is 36.4 Å². The minimum atomic E-state index is -3.56. The number of ether oxygens (including phenoxy) is 2. The summed E-state index contributed by atoms with van der Waals surface area (Å²) in [5.41, 5.74) is 0.720. The molecule has 2 aliphatic rings. The number of rotatable bonds is 9. The first-order chi connectivity index (χ1) is 17.3. The van der Waals surface area contributed by atoms with Crippen LogP contribution in [0.15, 0.2) is 53.4 Å². The molecule has 1 atom stereocenters. The largest absolute Gasteiger partial charge is 0.497 e. The van der Waals surface area contributed by atoms with Crippen LogP contribution in [0.5, 0.6) is 11.5 Å². The maximum atomic E-state index is 12.9. The summed E-state index contributed by atoms with van der Waals surface area (Å²) >= 11 is 0. The molecule has 0 bridgehead atoms. The quantitative estimate of drug-likeness (QED) is 0.533. The van der Waals surface area contributed by atoms with E-state index in [0.29, 0.717) is 57.3 Å². The van der Waals surface area contributed by atoms with Crippen molar-refractivity contribution in [1.82, 2.24) is 14.5 Å². The highest BCUT2D eigenvalue weighted by molar-refractivity contribution is 7.89. The van der Waals surface area contributed by atoms with E-state index in [2.05, 4.69) is 10.2 Å². The maximum absolute atomic E-state index is 12.9. The fourth-order valence-corrected chi connectivity index (χ4v) is 5.91. The number of hydrogen-bond acceptors (Lipinski definition) is 7. The van der Waals surface area contributed by atoms with Crippen LogP contribution in [0, 0.1) is 5.92 Å². The van der Waals surface area contributed by atoms with Crippen LogP contribution in [0.25, 0.3) is 0 Å². The van der Waals surface area contributed by atoms with Crippen LogP contribution in [0.4, 0.5) is 5.69 Å². The molecule has 2 aromatic rings. The molecule has 0 saturated carbocycles. The molecule has 1 unspecified atom stereocenters. The zero-order chi connectivity index (χ0) is 25.7. The van der Waals surface area contributed by atoms with Gasteiger partial charge in [-0.15, -0.1) is 0 Å². The van der Waals surface area contributed by atoms with Gasteiger partial charge in [0, 0.05) is 64.0 Å². The lowest BCUT2D eigenvalue weighted by Gasteiger charge is -2.34. The summed E-state index contributed by atoms with van der Waals surface area (Å²) in [7, 11) is -0.449. The predicted octanol–water partition coefficient (Wildman–Crippen LogP) is 1.18. The highest BCUT2D eigenvalue weighted by atomic mass is 32.2. The number of carbonyl (C=O) groups is 2. The van der Waals surface area contributed by atoms with Crippen molar-refractivity contribution in [2.75, 3.05) is 64.9 Å². The van der Waals surface area contributed by atoms with Crippen molar-refractivity contribution in [2.45, 2.75) is 11.3 Å². The molecule has 10 nitrogen and oxygen atoms in total. The van der Waals surface area contributed by atoms with E-state index < -0.39 is 15.9 Å². The van der Waals surface area contributed by atoms with Crippen molar-refractivity contribution < 1.29 is 27.5 Å². The van der Waals surface area contributed by atoms with Crippen molar-refractivity contribution in [3.8, 4) is 11.5 Å². The monoisotopic (exact) mass is 516 g/mol. The number of carbonyl (C=O) groups excluding carboxylic acids is 2. The van der Waals surface area contributed by atoms with Gasteiger partial charge in [0.05, 0.1) is 25.0 Å². The van der Waals surface area contributed by atoms with E-state index in [0.717, 1.165) is 5.69 Å². The summed E-state index contributed by atoms with van der Waals surface area (Å²) < 4.78 is 37.6. The van der Waals surface area contributed by atoms with Crippen molar-refractivity contribution >= 4 is 27.5 Å². The van der Waals surface area contributed by atoms with Crippen molar-refractivity contribution in [3.63, 3.8) is 0 Å². The lowest BCUT2D eigenvalue weighted by Crippen LogP contribution is -2.50. The summed E-state index contributed by atoms with van der Waals surface area (Å²) in [6.07, 6.45) is 0.172. The number of hydrogen-bond donors (Lipinski definition) is 1. The topological polar surface area (TPSA) is 108 Å². The number of methoxy groups -OCH3 is 2. The molecule has 0 radical (unpaired) electrons. The molecule has 2 amide bonds. The number of amides is 2. The average molecular weight is 517 g/mol. The van der Waals surface area contributed by atoms with Crippen LogP contribution in [0.1, 0.15) is 6.42 Å². The second-order valence-electron chi connectivity index (χ2n) is 8.82. The Morgan fingerprint density at radius 3 is 2.36 bits per heavy atom. The molecule has 0 spiro atoms. The maximum Gasteiger partial charge on any atom is 0.243 e. The number of piperazine rings is 1. The Morgan fingerprint density at radius 2 is 1.69 bits per heavy atom. The molecule has 0 aromatic heterocycles. The summed E-state index contributed by atoms with van der Waals surface area (Å²) in [5.74, 6) is 0.628. The molecule has 2 saturated heterocycles. The lowest BCUT2D eigenvalue weighted by molar-refractivity contribution is -0.126. The van der Waals surface area contributed by atoms with Gasteiger partial charge in [0.15, 0.2) is 0 Å². The number of sulfonamides is 1. The smallest absolute Gasteiger partial charge is 0.243 e. The van der Waals surface area contributed by atoms with E-state index >= 15 is 0 Å². The Hall–Kier alpha value is -3.15. The second kappa shape index (κ2) is 11.3. The van der Waals surface area contributed by atoms with E-state index in [4.69, 9.17) is 9.47 Å². The Kier molecular flexibility index (Phi) is 8.12. The molecule has 2 heterocycles. The zero-order valence-corrected chi connectivity index (χ0v) is 21.4. The van der Waals surface area contributed by atoms with Gasteiger partial charge in [0.2, 0.25) is 21.8 Å². The van der Waals surface area contributed by atoms with E-state index in [9.17, 15) is 18.0 Å². The Labute approximate surface area is 211 Å². The van der Waals surface area contributed by atoms with E-state index in [1.165, 1.54) is 11.4 Å². The first-order valence-electron chi connectivity index (χ1n) is 11.9. The number of nitrogens with zero attached hydrogens (tertiary/aromatic N) is 3. The molecule has 1 N–H and O–H groups in total. The van der Waals surface area contributed by atoms with Gasteiger partial charge in [-0.3, -0.25) is 14.5 Å². The van der Waals surface area contributed by atoms with Crippen LogP contribution < -0.4 is 19.7 Å². The van der Waals surface area contributed by atoms with Crippen LogP contribution in [-0.4, -0.2) is 89.5 Å². The average Bonchev–Trinajstić information content (AvgIpc) is 3.30. The fraction of sp³-hybridized carbons (Fsp3) is 0.440. The van der Waals surface area contributed by atoms with Gasteiger partial charge in [0.25, 0.3) is 0 Å². The summed E-state index contributed by atoms with van der Waals surface area (Å²) in [6.45, 7) is 3.31. The number of benzene rings is 2. The summed E-state index contributed by atoms with van der Waals surface area (Å²) in [6, 6.07) is 13.6. The molecule has 194 valence electrons. The van der Waals surface area contributed by atoms with E-state index in [1.807, 2.05) is 18.2 Å². The van der Waals surface area contributed by atoms with E-state index in [1.54, 1.807) is 42.3 Å². The van der Waals surface area contributed by atoms with Gasteiger partial charge < -0.3 is 19.7 Å². The standard InChI is InChI=1S/C25H32N4O6S/c1-34-21-6-8-23(9-7-21)36(32,33)28-14-12-27(13-15-28)11-10-26-25(31)19-16-24(30)29(18-19)20-4-3-5-22(17-20)35-2/h3-9,17,19H,10-16,18H2,1-2H3,(H,26,31). The third-order valence-electron chi connectivity index (χ3n) is 6.62. The third-order valence-corrected chi connectivity index (χ3v) is 8.53. The molecule has 4 rings (SSSR count). The zero-order valence-electron chi connectivity index (χ0n) is 20.6. The summed E-state index contributed by atoms with van der Waals surface area (Å²) in [4.78, 5) is 29.2. The van der Waals surface area contributed by atoms with Crippen LogP contribution in [-0.2, 0) is 19.6 Å². The van der Waals surface area contributed by atoms with Crippen molar-refractivity contribution in [1.29, 1.82) is 0 Å². The predicted molar refractivity (Wildman–Crippen MR) is 135 cm³/mol. The van der Waals surface area contributed by atoms with Crippen molar-refractivity contribution in [2.24, 2.45) is 5.92 Å². The van der Waals surface area contributed by atoms with Crippen molar-refractivity contribution in [3.05, 3.63) is 48.5 Å². The Bertz CT molecular complexity index is 1180. The second-order valence-corrected chi connectivity index (χ2v) is 10.8. The fourth-order valence-electron chi connectivity index (χ4n) is 4.48. The molecule has 11 heteroatoms. The molecule has 2 aromatic carbocycles. The third kappa shape index (κ3) is 5.80. The van der Waals surface area contributed by atoms with Gasteiger partial charge in [-0.2, -0.15) is 4.31 Å². The molecule has 2 aliphatic heterocycles. The van der Waals surface area contributed by atoms with Gasteiger partial charge in [0.1, 0.15) is 11.5 Å². The van der Waals surface area contributed by atoms with Crippen LogP contribution in [0.3, 0.4) is 0 Å². The van der Waals surface area contributed by atoms with Crippen LogP contribution >= 0.6 is 0 Å². The molecular formula is C25H32N4O6S. The van der Waals surface area contributed by atoms with Gasteiger partial charge in [-0.25, -0.2) is 8.42 Å². The molecule has 0 aliphatic carbocycles.